The second-order valence-electron chi connectivity index (χ2n) is 5.54. The summed E-state index contributed by atoms with van der Waals surface area (Å²) in [6, 6.07) is 4.40. The Bertz CT molecular complexity index is 670. The second kappa shape index (κ2) is 5.93. The predicted octanol–water partition coefficient (Wildman–Crippen LogP) is 3.68. The molecule has 7 heteroatoms. The molecule has 0 saturated carbocycles. The Hall–Kier alpha value is -1.76. The Labute approximate surface area is 129 Å². The zero-order valence-corrected chi connectivity index (χ0v) is 13.1. The summed E-state index contributed by atoms with van der Waals surface area (Å²) in [7, 11) is 0. The van der Waals surface area contributed by atoms with Crippen LogP contribution >= 0.6 is 15.9 Å². The van der Waals surface area contributed by atoms with Crippen molar-refractivity contribution in [3.63, 3.8) is 0 Å². The fourth-order valence-corrected chi connectivity index (χ4v) is 2.33. The molecule has 5 nitrogen and oxygen atoms in total. The van der Waals surface area contributed by atoms with Crippen LogP contribution in [0.4, 0.5) is 4.39 Å². The van der Waals surface area contributed by atoms with Crippen molar-refractivity contribution in [3.05, 3.63) is 34.4 Å². The summed E-state index contributed by atoms with van der Waals surface area (Å²) in [6.45, 7) is 3.64. The first-order chi connectivity index (χ1) is 9.77. The number of benzene rings is 1. The summed E-state index contributed by atoms with van der Waals surface area (Å²) in [4.78, 5) is 10.8. The first-order valence-electron chi connectivity index (χ1n) is 6.26. The molecule has 112 valence electrons. The number of carbonyl (C=O) groups is 1. The number of aromatic nitrogens is 2. The van der Waals surface area contributed by atoms with Gasteiger partial charge < -0.3 is 9.52 Å². The Morgan fingerprint density at radius 2 is 2.14 bits per heavy atom. The summed E-state index contributed by atoms with van der Waals surface area (Å²) >= 11 is 3.10. The van der Waals surface area contributed by atoms with Crippen LogP contribution < -0.4 is 0 Å². The molecule has 2 aromatic rings. The van der Waals surface area contributed by atoms with Gasteiger partial charge in [0, 0.05) is 12.0 Å². The number of hydrogen-bond acceptors (Lipinski definition) is 4. The lowest BCUT2D eigenvalue weighted by atomic mass is 9.86. The summed E-state index contributed by atoms with van der Waals surface area (Å²) in [5.74, 6) is -0.614. The van der Waals surface area contributed by atoms with Crippen LogP contribution in [0.5, 0.6) is 0 Å². The molecule has 0 radical (unpaired) electrons. The van der Waals surface area contributed by atoms with Gasteiger partial charge in [-0.3, -0.25) is 4.79 Å². The molecule has 1 N–H and O–H groups in total. The number of halogens is 2. The largest absolute Gasteiger partial charge is 0.481 e. The van der Waals surface area contributed by atoms with Crippen LogP contribution in [0.15, 0.2) is 27.1 Å². The smallest absolute Gasteiger partial charge is 0.303 e. The maximum Gasteiger partial charge on any atom is 0.303 e. The van der Waals surface area contributed by atoms with E-state index in [0.29, 0.717) is 22.3 Å². The molecule has 0 aliphatic heterocycles. The zero-order chi connectivity index (χ0) is 15.6. The monoisotopic (exact) mass is 356 g/mol. The quantitative estimate of drug-likeness (QED) is 0.883. The summed E-state index contributed by atoms with van der Waals surface area (Å²) in [6.07, 6.45) is 0.363. The summed E-state index contributed by atoms with van der Waals surface area (Å²) in [5.41, 5.74) is 0.108. The van der Waals surface area contributed by atoms with Gasteiger partial charge >= 0.3 is 5.97 Å². The van der Waals surface area contributed by atoms with Crippen molar-refractivity contribution in [2.24, 2.45) is 5.41 Å². The van der Waals surface area contributed by atoms with Crippen molar-refractivity contribution < 1.29 is 18.7 Å². The molecule has 0 amide bonds. The normalized spacial score (nSPS) is 11.6. The topological polar surface area (TPSA) is 76.2 Å². The highest BCUT2D eigenvalue weighted by molar-refractivity contribution is 9.10. The van der Waals surface area contributed by atoms with E-state index in [4.69, 9.17) is 9.52 Å². The minimum absolute atomic E-state index is 0.00676. The van der Waals surface area contributed by atoms with Crippen LogP contribution in [-0.4, -0.2) is 21.3 Å². The summed E-state index contributed by atoms with van der Waals surface area (Å²) < 4.78 is 19.0. The minimum Gasteiger partial charge on any atom is -0.481 e. The second-order valence-corrected chi connectivity index (χ2v) is 6.40. The van der Waals surface area contributed by atoms with Crippen LogP contribution in [0.25, 0.3) is 11.5 Å². The lowest BCUT2D eigenvalue weighted by Crippen LogP contribution is -2.19. The van der Waals surface area contributed by atoms with Crippen LogP contribution in [0, 0.1) is 11.2 Å². The molecule has 0 saturated heterocycles. The van der Waals surface area contributed by atoms with Gasteiger partial charge in [-0.25, -0.2) is 4.39 Å². The molecule has 0 unspecified atom stereocenters. The van der Waals surface area contributed by atoms with Gasteiger partial charge in [-0.1, -0.05) is 13.8 Å². The molecular weight excluding hydrogens is 343 g/mol. The number of hydrogen-bond donors (Lipinski definition) is 1. The molecule has 0 bridgehead atoms. The van der Waals surface area contributed by atoms with Crippen molar-refractivity contribution in [1.29, 1.82) is 0 Å². The Morgan fingerprint density at radius 1 is 1.43 bits per heavy atom. The van der Waals surface area contributed by atoms with E-state index in [0.717, 1.165) is 0 Å². The number of rotatable bonds is 5. The van der Waals surface area contributed by atoms with E-state index < -0.39 is 11.4 Å². The SMILES string of the molecule is CC(C)(CC(=O)O)Cc1nnc(-c2ccc(F)c(Br)c2)o1. The number of carboxylic acids is 1. The van der Waals surface area contributed by atoms with Gasteiger partial charge in [-0.15, -0.1) is 10.2 Å². The van der Waals surface area contributed by atoms with Gasteiger partial charge in [0.1, 0.15) is 5.82 Å². The van der Waals surface area contributed by atoms with Crippen LogP contribution in [-0.2, 0) is 11.2 Å². The maximum absolute atomic E-state index is 13.2. The van der Waals surface area contributed by atoms with Gasteiger partial charge in [0.05, 0.1) is 10.9 Å². The highest BCUT2D eigenvalue weighted by Gasteiger charge is 2.25. The van der Waals surface area contributed by atoms with E-state index in [1.54, 1.807) is 12.1 Å². The van der Waals surface area contributed by atoms with Crippen LogP contribution in [0.2, 0.25) is 0 Å². The molecule has 0 spiro atoms. The molecular formula is C14H14BrFN2O3. The third kappa shape index (κ3) is 4.10. The van der Waals surface area contributed by atoms with E-state index >= 15 is 0 Å². The maximum atomic E-state index is 13.2. The van der Waals surface area contributed by atoms with Crippen LogP contribution in [0.1, 0.15) is 26.2 Å². The average Bonchev–Trinajstić information content (AvgIpc) is 2.78. The fraction of sp³-hybridized carbons (Fsp3) is 0.357. The van der Waals surface area contributed by atoms with Crippen molar-refractivity contribution in [2.75, 3.05) is 0 Å². The molecule has 1 aromatic carbocycles. The molecule has 0 aliphatic rings. The van der Waals surface area contributed by atoms with Gasteiger partial charge in [-0.05, 0) is 39.5 Å². The third-order valence-electron chi connectivity index (χ3n) is 2.89. The first-order valence-corrected chi connectivity index (χ1v) is 7.06. The van der Waals surface area contributed by atoms with E-state index in [1.165, 1.54) is 6.07 Å². The van der Waals surface area contributed by atoms with E-state index in [-0.39, 0.29) is 18.1 Å². The number of nitrogens with zero attached hydrogens (tertiary/aromatic N) is 2. The van der Waals surface area contributed by atoms with Crippen LogP contribution in [0.3, 0.4) is 0 Å². The third-order valence-corrected chi connectivity index (χ3v) is 3.50. The van der Waals surface area contributed by atoms with Gasteiger partial charge in [0.25, 0.3) is 0 Å². The number of aliphatic carboxylic acids is 1. The number of carboxylic acid groups (broad SMARTS) is 1. The van der Waals surface area contributed by atoms with E-state index in [9.17, 15) is 9.18 Å². The van der Waals surface area contributed by atoms with Crippen molar-refractivity contribution in [3.8, 4) is 11.5 Å². The molecule has 21 heavy (non-hydrogen) atoms. The highest BCUT2D eigenvalue weighted by Crippen LogP contribution is 2.28. The van der Waals surface area contributed by atoms with E-state index in [2.05, 4.69) is 26.1 Å². The Morgan fingerprint density at radius 3 is 2.76 bits per heavy atom. The molecule has 1 aromatic heterocycles. The summed E-state index contributed by atoms with van der Waals surface area (Å²) in [5, 5.41) is 16.7. The van der Waals surface area contributed by atoms with Gasteiger partial charge in [0.15, 0.2) is 0 Å². The van der Waals surface area contributed by atoms with Gasteiger partial charge in [-0.2, -0.15) is 0 Å². The lowest BCUT2D eigenvalue weighted by Gasteiger charge is -2.19. The van der Waals surface area contributed by atoms with Crippen molar-refractivity contribution in [2.45, 2.75) is 26.7 Å². The molecule has 2 rings (SSSR count). The zero-order valence-electron chi connectivity index (χ0n) is 11.6. The van der Waals surface area contributed by atoms with Crippen molar-refractivity contribution in [1.82, 2.24) is 10.2 Å². The molecule has 1 heterocycles. The lowest BCUT2D eigenvalue weighted by molar-refractivity contribution is -0.139. The van der Waals surface area contributed by atoms with Crippen molar-refractivity contribution >= 4 is 21.9 Å². The molecule has 0 aliphatic carbocycles. The van der Waals surface area contributed by atoms with E-state index in [1.807, 2.05) is 13.8 Å². The van der Waals surface area contributed by atoms with Gasteiger partial charge in [0.2, 0.25) is 11.8 Å². The predicted molar refractivity (Wildman–Crippen MR) is 77.1 cm³/mol. The average molecular weight is 357 g/mol. The Kier molecular flexibility index (Phi) is 4.41. The Balaban J connectivity index is 2.18. The minimum atomic E-state index is -0.873. The fourth-order valence-electron chi connectivity index (χ4n) is 1.95. The molecule has 0 fully saturated rings. The standard InChI is InChI=1S/C14H14BrFN2O3/c1-14(2,7-12(19)20)6-11-17-18-13(21-11)8-3-4-10(16)9(15)5-8/h3-5H,6-7H2,1-2H3,(H,19,20). The molecule has 0 atom stereocenters. The first kappa shape index (κ1) is 15.6. The highest BCUT2D eigenvalue weighted by atomic mass is 79.9.